The first kappa shape index (κ1) is 12.1. The molecule has 4 N–H and O–H groups in total. The molecular formula is C9H13N7O2S. The summed E-state index contributed by atoms with van der Waals surface area (Å²) in [5.41, 5.74) is 2.95. The first-order valence-electron chi connectivity index (χ1n) is 5.72. The van der Waals surface area contributed by atoms with Gasteiger partial charge in [0.2, 0.25) is 5.95 Å². The topological polar surface area (TPSA) is 130 Å². The van der Waals surface area contributed by atoms with Gasteiger partial charge >= 0.3 is 0 Å². The average Bonchev–Trinajstić information content (AvgIpc) is 2.86. The fourth-order valence-electron chi connectivity index (χ4n) is 2.05. The number of H-pyrrole nitrogens is 1. The quantitative estimate of drug-likeness (QED) is 0.466. The zero-order chi connectivity index (χ0) is 13.5. The van der Waals surface area contributed by atoms with Crippen LogP contribution < -0.4 is 16.2 Å². The number of nitrogens with two attached hydrogens (primary N) is 1. The molecule has 1 saturated heterocycles. The maximum absolute atomic E-state index is 11.5. The molecule has 102 valence electrons. The second-order valence-corrected chi connectivity index (χ2v) is 6.59. The highest BCUT2D eigenvalue weighted by molar-refractivity contribution is 7.91. The zero-order valence-electron chi connectivity index (χ0n) is 10.00. The first-order chi connectivity index (χ1) is 9.09. The lowest BCUT2D eigenvalue weighted by atomic mass is 10.3. The van der Waals surface area contributed by atoms with Gasteiger partial charge in [-0.05, 0) is 0 Å². The molecule has 1 aliphatic rings. The molecule has 0 aromatic carbocycles. The molecule has 1 aliphatic heterocycles. The number of anilines is 2. The Bertz CT molecular complexity index is 696. The number of rotatable bonds is 2. The number of aromatic amines is 1. The molecule has 19 heavy (non-hydrogen) atoms. The van der Waals surface area contributed by atoms with E-state index in [0.717, 1.165) is 5.39 Å². The molecule has 2 aromatic heterocycles. The third-order valence-electron chi connectivity index (χ3n) is 3.06. The van der Waals surface area contributed by atoms with Gasteiger partial charge in [0.05, 0.1) is 23.1 Å². The molecular weight excluding hydrogens is 270 g/mol. The maximum Gasteiger partial charge on any atom is 0.241 e. The van der Waals surface area contributed by atoms with Crippen molar-refractivity contribution in [2.45, 2.75) is 0 Å². The molecule has 0 amide bonds. The highest BCUT2D eigenvalue weighted by atomic mass is 32.2. The third kappa shape index (κ3) is 2.19. The number of nitrogens with zero attached hydrogens (tertiary/aromatic N) is 4. The summed E-state index contributed by atoms with van der Waals surface area (Å²) in [6.07, 6.45) is 1.62. The van der Waals surface area contributed by atoms with Crippen LogP contribution in [0, 0.1) is 0 Å². The van der Waals surface area contributed by atoms with Crippen LogP contribution >= 0.6 is 0 Å². The Kier molecular flexibility index (Phi) is 2.75. The molecule has 1 fully saturated rings. The summed E-state index contributed by atoms with van der Waals surface area (Å²) in [6, 6.07) is 0. The summed E-state index contributed by atoms with van der Waals surface area (Å²) in [5, 5.41) is 7.42. The first-order valence-corrected chi connectivity index (χ1v) is 7.54. The molecule has 0 spiro atoms. The fourth-order valence-corrected chi connectivity index (χ4v) is 3.25. The predicted octanol–water partition coefficient (Wildman–Crippen LogP) is -1.13. The van der Waals surface area contributed by atoms with Gasteiger partial charge in [0.1, 0.15) is 5.82 Å². The van der Waals surface area contributed by atoms with E-state index in [4.69, 9.17) is 5.84 Å². The highest BCUT2D eigenvalue weighted by Gasteiger charge is 2.24. The molecule has 0 bridgehead atoms. The lowest BCUT2D eigenvalue weighted by molar-refractivity contribution is 0.586. The smallest absolute Gasteiger partial charge is 0.241 e. The van der Waals surface area contributed by atoms with Crippen LogP contribution in [0.15, 0.2) is 6.20 Å². The van der Waals surface area contributed by atoms with Gasteiger partial charge in [0, 0.05) is 13.1 Å². The second kappa shape index (κ2) is 4.31. The Hall–Kier alpha value is -1.94. The van der Waals surface area contributed by atoms with Gasteiger partial charge in [-0.1, -0.05) is 0 Å². The number of sulfone groups is 1. The standard InChI is InChI=1S/C9H13N7O2S/c10-14-9-12-7-6(5-11-15-7)8(13-9)16-1-3-19(17,18)4-2-16/h5H,1-4,10H2,(H2,11,12,13,14,15). The summed E-state index contributed by atoms with van der Waals surface area (Å²) in [4.78, 5) is 10.3. The van der Waals surface area contributed by atoms with E-state index in [9.17, 15) is 8.42 Å². The van der Waals surface area contributed by atoms with Crippen molar-refractivity contribution in [3.8, 4) is 0 Å². The van der Waals surface area contributed by atoms with E-state index in [1.165, 1.54) is 0 Å². The van der Waals surface area contributed by atoms with Crippen molar-refractivity contribution in [2.24, 2.45) is 5.84 Å². The highest BCUT2D eigenvalue weighted by Crippen LogP contribution is 2.24. The van der Waals surface area contributed by atoms with Crippen LogP contribution in [0.2, 0.25) is 0 Å². The van der Waals surface area contributed by atoms with E-state index in [0.29, 0.717) is 24.6 Å². The van der Waals surface area contributed by atoms with E-state index in [1.807, 2.05) is 4.90 Å². The summed E-state index contributed by atoms with van der Waals surface area (Å²) in [5.74, 6) is 6.49. The average molecular weight is 283 g/mol. The maximum atomic E-state index is 11.5. The van der Waals surface area contributed by atoms with Crippen LogP contribution in [0.3, 0.4) is 0 Å². The number of aromatic nitrogens is 4. The number of hydrazine groups is 1. The molecule has 3 rings (SSSR count). The molecule has 0 unspecified atom stereocenters. The fraction of sp³-hybridized carbons (Fsp3) is 0.444. The van der Waals surface area contributed by atoms with Crippen LogP contribution in [0.1, 0.15) is 0 Å². The lowest BCUT2D eigenvalue weighted by Gasteiger charge is -2.28. The van der Waals surface area contributed by atoms with E-state index in [-0.39, 0.29) is 17.5 Å². The van der Waals surface area contributed by atoms with Crippen LogP contribution in [0.5, 0.6) is 0 Å². The Labute approximate surface area is 109 Å². The minimum Gasteiger partial charge on any atom is -0.354 e. The van der Waals surface area contributed by atoms with Gasteiger partial charge in [0.25, 0.3) is 0 Å². The van der Waals surface area contributed by atoms with E-state index in [1.54, 1.807) is 6.20 Å². The van der Waals surface area contributed by atoms with E-state index >= 15 is 0 Å². The minimum absolute atomic E-state index is 0.127. The predicted molar refractivity (Wildman–Crippen MR) is 70.4 cm³/mol. The summed E-state index contributed by atoms with van der Waals surface area (Å²) < 4.78 is 22.9. The van der Waals surface area contributed by atoms with Crippen LogP contribution in [0.25, 0.3) is 11.0 Å². The Balaban J connectivity index is 2.02. The summed E-state index contributed by atoms with van der Waals surface area (Å²) in [7, 11) is -2.93. The van der Waals surface area contributed by atoms with Gasteiger partial charge < -0.3 is 4.90 Å². The van der Waals surface area contributed by atoms with E-state index in [2.05, 4.69) is 25.6 Å². The monoisotopic (exact) mass is 283 g/mol. The van der Waals surface area contributed by atoms with Crippen LogP contribution in [-0.2, 0) is 9.84 Å². The van der Waals surface area contributed by atoms with Gasteiger partial charge in [-0.2, -0.15) is 15.1 Å². The third-order valence-corrected chi connectivity index (χ3v) is 4.67. The van der Waals surface area contributed by atoms with Gasteiger partial charge in [-0.25, -0.2) is 14.3 Å². The normalized spacial score (nSPS) is 18.7. The zero-order valence-corrected chi connectivity index (χ0v) is 10.8. The molecule has 2 aromatic rings. The van der Waals surface area contributed by atoms with Crippen molar-refractivity contribution in [3.05, 3.63) is 6.20 Å². The molecule has 0 radical (unpaired) electrons. The largest absolute Gasteiger partial charge is 0.354 e. The van der Waals surface area contributed by atoms with Gasteiger partial charge in [-0.15, -0.1) is 0 Å². The number of nitrogens with one attached hydrogen (secondary N) is 2. The minimum atomic E-state index is -2.93. The molecule has 9 nitrogen and oxygen atoms in total. The van der Waals surface area contributed by atoms with Crippen molar-refractivity contribution in [3.63, 3.8) is 0 Å². The van der Waals surface area contributed by atoms with Crippen molar-refractivity contribution < 1.29 is 8.42 Å². The number of hydrogen-bond acceptors (Lipinski definition) is 8. The number of hydrogen-bond donors (Lipinski definition) is 3. The molecule has 3 heterocycles. The van der Waals surface area contributed by atoms with Crippen molar-refractivity contribution in [1.29, 1.82) is 0 Å². The lowest BCUT2D eigenvalue weighted by Crippen LogP contribution is -2.40. The molecule has 0 aliphatic carbocycles. The summed E-state index contributed by atoms with van der Waals surface area (Å²) >= 11 is 0. The second-order valence-electron chi connectivity index (χ2n) is 4.29. The summed E-state index contributed by atoms with van der Waals surface area (Å²) in [6.45, 7) is 0.813. The Morgan fingerprint density at radius 1 is 1.32 bits per heavy atom. The molecule has 10 heteroatoms. The van der Waals surface area contributed by atoms with Crippen molar-refractivity contribution >= 4 is 32.6 Å². The van der Waals surface area contributed by atoms with Crippen molar-refractivity contribution in [1.82, 2.24) is 20.2 Å². The molecule has 0 atom stereocenters. The van der Waals surface area contributed by atoms with E-state index < -0.39 is 9.84 Å². The number of nitrogen functional groups attached to an aromatic ring is 1. The van der Waals surface area contributed by atoms with Crippen molar-refractivity contribution in [2.75, 3.05) is 34.9 Å². The SMILES string of the molecule is NNc1nc(N2CCS(=O)(=O)CC2)c2cn[nH]c2n1. The molecule has 0 saturated carbocycles. The van der Waals surface area contributed by atoms with Crippen LogP contribution in [-0.4, -0.2) is 53.2 Å². The Morgan fingerprint density at radius 3 is 2.74 bits per heavy atom. The van der Waals surface area contributed by atoms with Gasteiger partial charge in [0.15, 0.2) is 15.5 Å². The van der Waals surface area contributed by atoms with Crippen LogP contribution in [0.4, 0.5) is 11.8 Å². The Morgan fingerprint density at radius 2 is 2.05 bits per heavy atom. The number of fused-ring (bicyclic) bond motifs is 1. The van der Waals surface area contributed by atoms with Gasteiger partial charge in [-0.3, -0.25) is 10.5 Å².